The van der Waals surface area contributed by atoms with Gasteiger partial charge in [0, 0.05) is 0 Å². The van der Waals surface area contributed by atoms with Crippen LogP contribution in [0.4, 0.5) is 0 Å². The lowest BCUT2D eigenvalue weighted by molar-refractivity contribution is -0.864. The van der Waals surface area contributed by atoms with E-state index in [9.17, 15) is 0 Å². The van der Waals surface area contributed by atoms with E-state index in [1.54, 1.807) is 0 Å². The Bertz CT molecular complexity index is 194. The summed E-state index contributed by atoms with van der Waals surface area (Å²) in [5.41, 5.74) is 0. The van der Waals surface area contributed by atoms with E-state index < -0.39 is 0 Å². The lowest BCUT2D eigenvalue weighted by atomic mass is 10.1. The monoisotopic (exact) mass is 333 g/mol. The molecule has 0 saturated heterocycles. The van der Waals surface area contributed by atoms with E-state index in [0.717, 1.165) is 11.0 Å². The molecule has 0 aromatic rings. The first-order chi connectivity index (χ1) is 8.56. The summed E-state index contributed by atoms with van der Waals surface area (Å²) in [6, 6.07) is 0. The van der Waals surface area contributed by atoms with Gasteiger partial charge in [0.1, 0.15) is 0 Å². The molecule has 0 aromatic heterocycles. The van der Waals surface area contributed by atoms with Crippen LogP contribution < -0.4 is 17.0 Å². The molecule has 19 heavy (non-hydrogen) atoms. The maximum Gasteiger partial charge on any atom is 0.0967 e. The van der Waals surface area contributed by atoms with Crippen LogP contribution in [0.5, 0.6) is 0 Å². The SMILES string of the molecule is CCCCCCCCCCC/C=C/C[N+](C)(C)C.[Br-]. The topological polar surface area (TPSA) is 0 Å². The smallest absolute Gasteiger partial charge is 0.0967 e. The van der Waals surface area contributed by atoms with Gasteiger partial charge in [-0.15, -0.1) is 0 Å². The van der Waals surface area contributed by atoms with Gasteiger partial charge in [0.2, 0.25) is 0 Å². The van der Waals surface area contributed by atoms with E-state index in [1.165, 1.54) is 64.2 Å². The molecule has 0 saturated carbocycles. The average Bonchev–Trinajstić information content (AvgIpc) is 2.29. The highest BCUT2D eigenvalue weighted by Gasteiger charge is 2.01. The molecule has 0 bridgehead atoms. The lowest BCUT2D eigenvalue weighted by Crippen LogP contribution is -3.00. The average molecular weight is 334 g/mol. The van der Waals surface area contributed by atoms with Crippen LogP contribution in [0.15, 0.2) is 12.2 Å². The number of rotatable bonds is 12. The van der Waals surface area contributed by atoms with Crippen LogP contribution in [0, 0.1) is 0 Å². The fraction of sp³-hybridized carbons (Fsp3) is 0.882. The van der Waals surface area contributed by atoms with Crippen LogP contribution in [-0.4, -0.2) is 32.2 Å². The number of quaternary nitrogens is 1. The predicted octanol–water partition coefficient (Wildman–Crippen LogP) is 2.17. The summed E-state index contributed by atoms with van der Waals surface area (Å²) >= 11 is 0. The summed E-state index contributed by atoms with van der Waals surface area (Å²) in [5.74, 6) is 0. The molecule has 0 aliphatic heterocycles. The normalized spacial score (nSPS) is 11.8. The third-order valence-electron chi connectivity index (χ3n) is 3.29. The number of hydrogen-bond acceptors (Lipinski definition) is 0. The molecule has 0 radical (unpaired) electrons. The Morgan fingerprint density at radius 2 is 1.16 bits per heavy atom. The van der Waals surface area contributed by atoms with E-state index >= 15 is 0 Å². The largest absolute Gasteiger partial charge is 1.00 e. The Labute approximate surface area is 132 Å². The van der Waals surface area contributed by atoms with E-state index in [0.29, 0.717) is 0 Å². The Morgan fingerprint density at radius 3 is 1.63 bits per heavy atom. The van der Waals surface area contributed by atoms with Gasteiger partial charge in [-0.2, -0.15) is 0 Å². The first-order valence-electron chi connectivity index (χ1n) is 8.01. The van der Waals surface area contributed by atoms with Crippen LogP contribution in [0.3, 0.4) is 0 Å². The van der Waals surface area contributed by atoms with Crippen LogP contribution in [0.1, 0.15) is 71.1 Å². The Balaban J connectivity index is 0. The van der Waals surface area contributed by atoms with Gasteiger partial charge in [0.25, 0.3) is 0 Å². The molecule has 0 atom stereocenters. The molecule has 1 nitrogen and oxygen atoms in total. The van der Waals surface area contributed by atoms with Crippen molar-refractivity contribution in [1.82, 2.24) is 0 Å². The summed E-state index contributed by atoms with van der Waals surface area (Å²) in [4.78, 5) is 0. The van der Waals surface area contributed by atoms with Crippen LogP contribution in [0.25, 0.3) is 0 Å². The second-order valence-corrected chi connectivity index (χ2v) is 6.56. The maximum atomic E-state index is 2.37. The van der Waals surface area contributed by atoms with Crippen molar-refractivity contribution in [2.45, 2.75) is 71.1 Å². The van der Waals surface area contributed by atoms with Crippen molar-refractivity contribution in [3.63, 3.8) is 0 Å². The highest BCUT2D eigenvalue weighted by atomic mass is 79.9. The van der Waals surface area contributed by atoms with E-state index in [4.69, 9.17) is 0 Å². The van der Waals surface area contributed by atoms with Crippen molar-refractivity contribution in [2.75, 3.05) is 27.7 Å². The molecule has 0 aliphatic carbocycles. The number of nitrogens with zero attached hydrogens (tertiary/aromatic N) is 1. The summed E-state index contributed by atoms with van der Waals surface area (Å²) in [6.07, 6.45) is 18.8. The number of halogens is 1. The Kier molecular flexibility index (Phi) is 16.5. The summed E-state index contributed by atoms with van der Waals surface area (Å²) < 4.78 is 1.04. The molecule has 0 heterocycles. The quantitative estimate of drug-likeness (QED) is 0.292. The first kappa shape index (κ1) is 21.5. The number of hydrogen-bond donors (Lipinski definition) is 0. The zero-order valence-corrected chi connectivity index (χ0v) is 15.3. The molecule has 2 heteroatoms. The predicted molar refractivity (Wildman–Crippen MR) is 83.9 cm³/mol. The van der Waals surface area contributed by atoms with E-state index in [2.05, 4.69) is 40.2 Å². The second kappa shape index (κ2) is 14.6. The van der Waals surface area contributed by atoms with Crippen molar-refractivity contribution >= 4 is 0 Å². The zero-order valence-electron chi connectivity index (χ0n) is 13.8. The van der Waals surface area contributed by atoms with Crippen molar-refractivity contribution in [3.8, 4) is 0 Å². The molecule has 0 aromatic carbocycles. The van der Waals surface area contributed by atoms with Gasteiger partial charge < -0.3 is 21.5 Å². The van der Waals surface area contributed by atoms with Gasteiger partial charge in [0.05, 0.1) is 27.7 Å². The second-order valence-electron chi connectivity index (χ2n) is 6.56. The lowest BCUT2D eigenvalue weighted by Gasteiger charge is -2.21. The van der Waals surface area contributed by atoms with Crippen LogP contribution >= 0.6 is 0 Å². The van der Waals surface area contributed by atoms with Crippen LogP contribution in [0.2, 0.25) is 0 Å². The van der Waals surface area contributed by atoms with Crippen molar-refractivity contribution in [1.29, 1.82) is 0 Å². The summed E-state index contributed by atoms with van der Waals surface area (Å²) in [6.45, 7) is 3.43. The van der Waals surface area contributed by atoms with Gasteiger partial charge in [-0.05, 0) is 18.9 Å². The van der Waals surface area contributed by atoms with Gasteiger partial charge in [-0.1, -0.05) is 64.4 Å². The maximum absolute atomic E-state index is 2.37. The first-order valence-corrected chi connectivity index (χ1v) is 8.01. The number of unbranched alkanes of at least 4 members (excludes halogenated alkanes) is 9. The minimum atomic E-state index is 0. The molecular weight excluding hydrogens is 298 g/mol. The molecule has 0 amide bonds. The molecular formula is C17H36BrN. The van der Waals surface area contributed by atoms with Crippen LogP contribution in [-0.2, 0) is 0 Å². The van der Waals surface area contributed by atoms with E-state index in [1.807, 2.05) is 0 Å². The van der Waals surface area contributed by atoms with Gasteiger partial charge in [-0.3, -0.25) is 0 Å². The van der Waals surface area contributed by atoms with E-state index in [-0.39, 0.29) is 17.0 Å². The fourth-order valence-electron chi connectivity index (χ4n) is 2.08. The summed E-state index contributed by atoms with van der Waals surface area (Å²) in [7, 11) is 6.72. The standard InChI is InChI=1S/C17H36N.BrH/c1-5-6-7-8-9-10-11-12-13-14-15-16-17-18(2,3)4;/h15-16H,5-14,17H2,1-4H3;1H/q+1;/p-1/b16-15+;. The minimum absolute atomic E-state index is 0. The molecule has 0 N–H and O–H groups in total. The third-order valence-corrected chi connectivity index (χ3v) is 3.29. The third kappa shape index (κ3) is 20.7. The van der Waals surface area contributed by atoms with Crippen molar-refractivity contribution in [3.05, 3.63) is 12.2 Å². The molecule has 0 spiro atoms. The molecule has 0 fully saturated rings. The fourth-order valence-corrected chi connectivity index (χ4v) is 2.08. The van der Waals surface area contributed by atoms with Crippen molar-refractivity contribution in [2.24, 2.45) is 0 Å². The zero-order chi connectivity index (χ0) is 13.7. The minimum Gasteiger partial charge on any atom is -1.00 e. The molecule has 0 rings (SSSR count). The molecule has 116 valence electrons. The Morgan fingerprint density at radius 1 is 0.684 bits per heavy atom. The Hall–Kier alpha value is 0.180. The number of likely N-dealkylation sites (N-methyl/N-ethyl adjacent to an activating group) is 1. The van der Waals surface area contributed by atoms with Gasteiger partial charge >= 0.3 is 0 Å². The molecule has 0 unspecified atom stereocenters. The highest BCUT2D eigenvalue weighted by molar-refractivity contribution is 4.81. The van der Waals surface area contributed by atoms with Crippen molar-refractivity contribution < 1.29 is 21.5 Å². The van der Waals surface area contributed by atoms with Gasteiger partial charge in [0.15, 0.2) is 0 Å². The van der Waals surface area contributed by atoms with Gasteiger partial charge in [-0.25, -0.2) is 0 Å². The number of allylic oxidation sites excluding steroid dienone is 1. The molecule has 0 aliphatic rings. The highest BCUT2D eigenvalue weighted by Crippen LogP contribution is 2.10. The summed E-state index contributed by atoms with van der Waals surface area (Å²) in [5, 5.41) is 0.